The Morgan fingerprint density at radius 1 is 0.859 bits per heavy atom. The normalized spacial score (nSPS) is 24.6. The van der Waals surface area contributed by atoms with Crippen molar-refractivity contribution in [3.05, 3.63) is 64.8 Å². The van der Waals surface area contributed by atoms with Crippen LogP contribution in [0.3, 0.4) is 0 Å². The average molecular weight is 1110 g/mol. The van der Waals surface area contributed by atoms with Crippen LogP contribution in [0.15, 0.2) is 53.6 Å². The summed E-state index contributed by atoms with van der Waals surface area (Å²) < 4.78 is 34.2. The fourth-order valence-corrected chi connectivity index (χ4v) is 11.4. The molecule has 1 aromatic heterocycles. The predicted octanol–water partition coefficient (Wildman–Crippen LogP) is 5.38. The Morgan fingerprint density at radius 2 is 1.54 bits per heavy atom. The largest absolute Gasteiger partial charge is 0.462 e. The molecule has 2 aromatic rings. The number of rotatable bonds is 28. The van der Waals surface area contributed by atoms with Gasteiger partial charge in [0.25, 0.3) is 0 Å². The van der Waals surface area contributed by atoms with Gasteiger partial charge in [-0.25, -0.2) is 4.98 Å². The summed E-state index contributed by atoms with van der Waals surface area (Å²) in [6, 6.07) is 5.95. The molecule has 2 saturated heterocycles. The third-order valence-electron chi connectivity index (χ3n) is 15.1. The number of aromatic nitrogens is 1. The molecule has 6 rings (SSSR count). The molecule has 0 bridgehead atoms. The number of hydrogen-bond donors (Lipinski definition) is 5. The van der Waals surface area contributed by atoms with Crippen LogP contribution in [0.1, 0.15) is 111 Å². The first-order valence-corrected chi connectivity index (χ1v) is 28.6. The number of amides is 4. The summed E-state index contributed by atoms with van der Waals surface area (Å²) in [7, 11) is 0. The van der Waals surface area contributed by atoms with E-state index in [1.807, 2.05) is 65.8 Å². The number of fused-ring (bicyclic) bond motifs is 1. The molecule has 78 heavy (non-hydrogen) atoms. The van der Waals surface area contributed by atoms with Crippen molar-refractivity contribution in [2.75, 3.05) is 65.9 Å². The molecule has 19 nitrogen and oxygen atoms in total. The van der Waals surface area contributed by atoms with Gasteiger partial charge in [0, 0.05) is 44.8 Å². The van der Waals surface area contributed by atoms with Crippen molar-refractivity contribution in [3.63, 3.8) is 0 Å². The number of likely N-dealkylation sites (tertiary alicyclic amines) is 1. The van der Waals surface area contributed by atoms with Crippen molar-refractivity contribution in [3.8, 4) is 10.4 Å². The molecule has 5 N–H and O–H groups in total. The van der Waals surface area contributed by atoms with Crippen molar-refractivity contribution < 1.29 is 67.4 Å². The highest BCUT2D eigenvalue weighted by Gasteiger charge is 2.46. The number of cyclic esters (lactones) is 1. The summed E-state index contributed by atoms with van der Waals surface area (Å²) in [5.74, 6) is -1.62. The minimum absolute atomic E-state index is 0.00159. The van der Waals surface area contributed by atoms with Gasteiger partial charge >= 0.3 is 11.9 Å². The van der Waals surface area contributed by atoms with Crippen LogP contribution in [-0.4, -0.2) is 158 Å². The van der Waals surface area contributed by atoms with Crippen LogP contribution in [-0.2, 0) is 63.7 Å². The van der Waals surface area contributed by atoms with Gasteiger partial charge in [-0.05, 0) is 86.3 Å². The van der Waals surface area contributed by atoms with Gasteiger partial charge < -0.3 is 59.5 Å². The molecular weight excluding hydrogens is 1020 g/mol. The molecule has 4 amide bonds. The standard InChI is InChI=1S/C58H85N5O14S/c1-36-27-41-12-9-37(2)45(16-15-44-29-42(64)31-50(68)76-44)51(41)47(28-36)77-56(71)58(7,8)18-17-48(66)59-19-20-72-21-22-73-23-24-74-25-26-75-34-49(67)62-53(57(4,5)6)55(70)63-33-43(65)30-46(63)54(69)60-32-39-10-13-40(14-11-39)52-38(3)61-35-78-52/h9-14,27,35-37,42-47,51,53,64-65H,15-26,28-34H2,1-8H3,(H,59,66)(H,60,69)(H,62,67)/t36-,37-,42+,43+,44+,45-,46-,47-,51-,53+/m0/s1. The number of carbonyl (C=O) groups excluding carboxylic acids is 6. The molecule has 0 saturated carbocycles. The maximum Gasteiger partial charge on any atom is 0.311 e. The number of hydrogen-bond acceptors (Lipinski definition) is 16. The molecule has 2 aliphatic heterocycles. The number of esters is 2. The molecule has 1 aromatic carbocycles. The second-order valence-electron chi connectivity index (χ2n) is 23.1. The minimum atomic E-state index is -0.985. The maximum absolute atomic E-state index is 14.0. The first-order valence-electron chi connectivity index (χ1n) is 27.7. The predicted molar refractivity (Wildman–Crippen MR) is 292 cm³/mol. The van der Waals surface area contributed by atoms with Gasteiger partial charge in [0.15, 0.2) is 0 Å². The molecule has 2 aliphatic carbocycles. The fraction of sp³-hybridized carbons (Fsp3) is 0.672. The van der Waals surface area contributed by atoms with Crippen molar-refractivity contribution in [1.82, 2.24) is 25.8 Å². The van der Waals surface area contributed by atoms with E-state index in [-0.39, 0.29) is 125 Å². The smallest absolute Gasteiger partial charge is 0.311 e. The summed E-state index contributed by atoms with van der Waals surface area (Å²) in [5.41, 5.74) is 4.23. The Hall–Kier alpha value is -5.09. The summed E-state index contributed by atoms with van der Waals surface area (Å²) in [4.78, 5) is 85.6. The van der Waals surface area contributed by atoms with Crippen LogP contribution in [0.2, 0.25) is 0 Å². The number of aliphatic hydroxyl groups excluding tert-OH is 2. The molecule has 3 heterocycles. The van der Waals surface area contributed by atoms with Crippen molar-refractivity contribution in [2.24, 2.45) is 34.5 Å². The molecule has 0 spiro atoms. The van der Waals surface area contributed by atoms with Gasteiger partial charge in [0.05, 0.1) is 86.4 Å². The zero-order chi connectivity index (χ0) is 56.6. The zero-order valence-electron chi connectivity index (χ0n) is 46.9. The van der Waals surface area contributed by atoms with E-state index < -0.39 is 46.9 Å². The van der Waals surface area contributed by atoms with Crippen LogP contribution in [0.25, 0.3) is 10.4 Å². The molecule has 0 radical (unpaired) electrons. The fourth-order valence-electron chi connectivity index (χ4n) is 10.6. The topological polar surface area (TPSA) is 250 Å². The Kier molecular flexibility index (Phi) is 23.4. The Bertz CT molecular complexity index is 2380. The van der Waals surface area contributed by atoms with Crippen molar-refractivity contribution >= 4 is 46.9 Å². The number of ether oxygens (including phenoxy) is 6. The average Bonchev–Trinajstić information content (AvgIpc) is 4.11. The minimum Gasteiger partial charge on any atom is -0.462 e. The molecule has 20 heteroatoms. The van der Waals surface area contributed by atoms with Gasteiger partial charge in [-0.2, -0.15) is 0 Å². The van der Waals surface area contributed by atoms with E-state index in [0.29, 0.717) is 52.0 Å². The summed E-state index contributed by atoms with van der Waals surface area (Å²) in [6.07, 6.45) is 7.49. The van der Waals surface area contributed by atoms with Gasteiger partial charge in [0.2, 0.25) is 23.6 Å². The van der Waals surface area contributed by atoms with Crippen LogP contribution < -0.4 is 16.0 Å². The van der Waals surface area contributed by atoms with E-state index in [1.165, 1.54) is 4.90 Å². The maximum atomic E-state index is 14.0. The first kappa shape index (κ1) is 62.1. The SMILES string of the molecule is Cc1ncsc1-c1ccc(CNC(=O)[C@@H]2C[C@@H](O)CN2C(=O)[C@@H](NC(=O)COCCOCCOCCOCCNC(=O)CCC(C)(C)C(=O)O[C@H]2C[C@@H](C)C=C3C=C[C@H](C)[C@H](CC[C@@H]4C[C@@H](O)CC(=O)O4)[C@H]32)C(C)(C)C)cc1. The number of β-amino-alcohol motifs (C(OH)–C–C–N with tert-alkyl or cyclic N) is 1. The quantitative estimate of drug-likeness (QED) is 0.0530. The Morgan fingerprint density at radius 3 is 2.19 bits per heavy atom. The number of aliphatic hydroxyl groups is 2. The highest BCUT2D eigenvalue weighted by atomic mass is 32.1. The van der Waals surface area contributed by atoms with Crippen LogP contribution in [0.4, 0.5) is 0 Å². The Labute approximate surface area is 463 Å². The lowest BCUT2D eigenvalue weighted by atomic mass is 9.65. The van der Waals surface area contributed by atoms with Gasteiger partial charge in [-0.3, -0.25) is 28.8 Å². The molecule has 4 aliphatic rings. The monoisotopic (exact) mass is 1110 g/mol. The number of benzene rings is 1. The molecule has 10 atom stereocenters. The summed E-state index contributed by atoms with van der Waals surface area (Å²) >= 11 is 1.56. The second kappa shape index (κ2) is 29.4. The number of nitrogens with one attached hydrogen (secondary N) is 3. The lowest BCUT2D eigenvalue weighted by molar-refractivity contribution is -0.166. The number of thiazole rings is 1. The summed E-state index contributed by atoms with van der Waals surface area (Å²) in [5, 5.41) is 29.2. The lowest BCUT2D eigenvalue weighted by Crippen LogP contribution is -2.58. The van der Waals surface area contributed by atoms with E-state index in [1.54, 1.807) is 16.8 Å². The van der Waals surface area contributed by atoms with Crippen LogP contribution in [0.5, 0.6) is 0 Å². The van der Waals surface area contributed by atoms with Crippen molar-refractivity contribution in [1.29, 1.82) is 0 Å². The highest BCUT2D eigenvalue weighted by Crippen LogP contribution is 2.46. The van der Waals surface area contributed by atoms with E-state index >= 15 is 0 Å². The number of aryl methyl sites for hydroxylation is 1. The lowest BCUT2D eigenvalue weighted by Gasteiger charge is -2.44. The van der Waals surface area contributed by atoms with E-state index in [4.69, 9.17) is 28.4 Å². The third kappa shape index (κ3) is 18.5. The molecule has 0 unspecified atom stereocenters. The van der Waals surface area contributed by atoms with Crippen molar-refractivity contribution in [2.45, 2.75) is 150 Å². The van der Waals surface area contributed by atoms with E-state index in [0.717, 1.165) is 33.7 Å². The van der Waals surface area contributed by atoms with Crippen LogP contribution in [0, 0.1) is 41.4 Å². The molecular formula is C58H85N5O14S. The van der Waals surface area contributed by atoms with Gasteiger partial charge in [-0.15, -0.1) is 11.3 Å². The van der Waals surface area contributed by atoms with Gasteiger partial charge in [-0.1, -0.05) is 77.1 Å². The van der Waals surface area contributed by atoms with E-state index in [9.17, 15) is 39.0 Å². The zero-order valence-corrected chi connectivity index (χ0v) is 47.7. The first-order chi connectivity index (χ1) is 37.1. The Balaban J connectivity index is 0.788. The molecule has 432 valence electrons. The van der Waals surface area contributed by atoms with E-state index in [2.05, 4.69) is 53.0 Å². The van der Waals surface area contributed by atoms with Gasteiger partial charge in [0.1, 0.15) is 30.9 Å². The second-order valence-corrected chi connectivity index (χ2v) is 23.9. The highest BCUT2D eigenvalue weighted by molar-refractivity contribution is 7.13. The number of allylic oxidation sites excluding steroid dienone is 3. The number of nitrogens with zero attached hydrogens (tertiary/aromatic N) is 2. The third-order valence-corrected chi connectivity index (χ3v) is 16.0. The molecule has 2 fully saturated rings. The summed E-state index contributed by atoms with van der Waals surface area (Å²) in [6.45, 7) is 17.4. The number of carbonyl (C=O) groups is 6. The van der Waals surface area contributed by atoms with Crippen LogP contribution >= 0.6 is 11.3 Å².